The third-order valence-corrected chi connectivity index (χ3v) is 6.95. The smallest absolute Gasteiger partial charge is 0.251 e. The molecule has 3 aliphatic heterocycles. The van der Waals surface area contributed by atoms with Crippen molar-refractivity contribution < 1.29 is 23.7 Å². The van der Waals surface area contributed by atoms with Crippen molar-refractivity contribution in [2.75, 3.05) is 39.5 Å². The number of β-amino-alcohol motifs (C(OH)–C–C–N with tert-alkyl or cyclic N) is 1. The molecule has 1 aromatic carbocycles. The van der Waals surface area contributed by atoms with E-state index in [2.05, 4.69) is 15.2 Å². The van der Waals surface area contributed by atoms with Crippen LogP contribution < -0.4 is 25.1 Å². The molecule has 2 aromatic heterocycles. The zero-order valence-electron chi connectivity index (χ0n) is 19.2. The van der Waals surface area contributed by atoms with Gasteiger partial charge in [-0.2, -0.15) is 0 Å². The van der Waals surface area contributed by atoms with Gasteiger partial charge in [-0.25, -0.2) is 4.39 Å². The SMILES string of the molecule is O=c1ccc2ccc(F)c3c2n1[C@H](CN1CC[C@H](NCc2cc4c(cn2)OCCO4)[C@H](O)C1)CO3. The Hall–Kier alpha value is -3.21. The first-order valence-electron chi connectivity index (χ1n) is 11.9. The van der Waals surface area contributed by atoms with Gasteiger partial charge >= 0.3 is 0 Å². The zero-order chi connectivity index (χ0) is 23.9. The summed E-state index contributed by atoms with van der Waals surface area (Å²) in [6, 6.07) is 7.75. The number of hydrogen-bond acceptors (Lipinski definition) is 8. The van der Waals surface area contributed by atoms with Crippen LogP contribution in [0, 0.1) is 5.82 Å². The van der Waals surface area contributed by atoms with Crippen molar-refractivity contribution >= 4 is 10.9 Å². The number of nitrogens with one attached hydrogen (secondary N) is 1. The third kappa shape index (κ3) is 4.22. The summed E-state index contributed by atoms with van der Waals surface area (Å²) < 4.78 is 32.8. The second kappa shape index (κ2) is 9.10. The fourth-order valence-electron chi connectivity index (χ4n) is 5.21. The van der Waals surface area contributed by atoms with Crippen molar-refractivity contribution in [3.63, 3.8) is 0 Å². The van der Waals surface area contributed by atoms with Crippen LogP contribution in [0.15, 0.2) is 41.3 Å². The number of aromatic nitrogens is 2. The highest BCUT2D eigenvalue weighted by Crippen LogP contribution is 2.34. The first-order chi connectivity index (χ1) is 17.1. The maximum absolute atomic E-state index is 14.3. The normalized spacial score (nSPS) is 23.8. The molecule has 1 saturated heterocycles. The average Bonchev–Trinajstić information content (AvgIpc) is 2.87. The Labute approximate surface area is 201 Å². The summed E-state index contributed by atoms with van der Waals surface area (Å²) in [5, 5.41) is 15.0. The minimum absolute atomic E-state index is 0.0789. The highest BCUT2D eigenvalue weighted by molar-refractivity contribution is 5.85. The van der Waals surface area contributed by atoms with Crippen LogP contribution in [0.25, 0.3) is 10.9 Å². The van der Waals surface area contributed by atoms with E-state index in [1.165, 1.54) is 12.1 Å². The maximum atomic E-state index is 14.3. The zero-order valence-corrected chi connectivity index (χ0v) is 19.2. The van der Waals surface area contributed by atoms with Crippen molar-refractivity contribution in [3.05, 3.63) is 58.4 Å². The number of pyridine rings is 2. The quantitative estimate of drug-likeness (QED) is 0.564. The average molecular weight is 483 g/mol. The number of rotatable bonds is 5. The van der Waals surface area contributed by atoms with E-state index in [0.717, 1.165) is 24.0 Å². The van der Waals surface area contributed by atoms with Crippen LogP contribution in [0.2, 0.25) is 0 Å². The number of ether oxygens (including phenoxy) is 3. The van der Waals surface area contributed by atoms with Crippen molar-refractivity contribution in [2.24, 2.45) is 0 Å². The molecule has 9 nitrogen and oxygen atoms in total. The van der Waals surface area contributed by atoms with Crippen molar-refractivity contribution in [1.82, 2.24) is 19.8 Å². The number of fused-ring (bicyclic) bond motifs is 1. The number of nitrogens with zero attached hydrogens (tertiary/aromatic N) is 3. The fraction of sp³-hybridized carbons (Fsp3) is 0.440. The molecule has 0 amide bonds. The van der Waals surface area contributed by atoms with Gasteiger partial charge in [0.2, 0.25) is 0 Å². The third-order valence-electron chi connectivity index (χ3n) is 6.95. The van der Waals surface area contributed by atoms with Crippen molar-refractivity contribution in [1.29, 1.82) is 0 Å². The molecule has 2 N–H and O–H groups in total. The number of benzene rings is 1. The molecule has 10 heteroatoms. The lowest BCUT2D eigenvalue weighted by molar-refractivity contribution is 0.0294. The molecule has 0 unspecified atom stereocenters. The van der Waals surface area contributed by atoms with Gasteiger partial charge in [0.15, 0.2) is 23.1 Å². The lowest BCUT2D eigenvalue weighted by atomic mass is 10.0. The number of halogens is 1. The van der Waals surface area contributed by atoms with Crippen molar-refractivity contribution in [2.45, 2.75) is 31.2 Å². The van der Waals surface area contributed by atoms with Gasteiger partial charge in [0.25, 0.3) is 5.56 Å². The predicted octanol–water partition coefficient (Wildman–Crippen LogP) is 1.47. The largest absolute Gasteiger partial charge is 0.486 e. The molecule has 184 valence electrons. The van der Waals surface area contributed by atoms with Gasteiger partial charge in [0.05, 0.1) is 29.6 Å². The lowest BCUT2D eigenvalue weighted by Crippen LogP contribution is -2.54. The fourth-order valence-corrected chi connectivity index (χ4v) is 5.21. The standard InChI is InChI=1S/C25H27FN4O5/c26-18-3-1-15-2-4-23(32)30-17(14-35-25(18)24(15)30)12-29-6-5-19(20(31)13-29)28-10-16-9-21-22(11-27-16)34-8-7-33-21/h1-4,9,11,17,19-20,28,31H,5-8,10,12-14H2/t17-,19+,20-/m1/s1. The number of likely N-dealkylation sites (tertiary alicyclic amines) is 1. The predicted molar refractivity (Wildman–Crippen MR) is 126 cm³/mol. The summed E-state index contributed by atoms with van der Waals surface area (Å²) >= 11 is 0. The van der Waals surface area contributed by atoms with E-state index in [1.807, 2.05) is 6.07 Å². The molecule has 3 aliphatic rings. The molecular weight excluding hydrogens is 455 g/mol. The summed E-state index contributed by atoms with van der Waals surface area (Å²) in [7, 11) is 0. The van der Waals surface area contributed by atoms with E-state index >= 15 is 0 Å². The van der Waals surface area contributed by atoms with Crippen LogP contribution in [0.1, 0.15) is 18.2 Å². The van der Waals surface area contributed by atoms with Crippen molar-refractivity contribution in [3.8, 4) is 17.2 Å². The molecular formula is C25H27FN4O5. The van der Waals surface area contributed by atoms with E-state index < -0.39 is 11.9 Å². The Kier molecular flexibility index (Phi) is 5.79. The second-order valence-electron chi connectivity index (χ2n) is 9.24. The topological polar surface area (TPSA) is 98.1 Å². The summed E-state index contributed by atoms with van der Waals surface area (Å²) in [5.74, 6) is 1.01. The van der Waals surface area contributed by atoms with Gasteiger partial charge in [0, 0.05) is 43.2 Å². The highest BCUT2D eigenvalue weighted by atomic mass is 19.1. The molecule has 5 heterocycles. The van der Waals surface area contributed by atoms with Gasteiger partial charge in [-0.15, -0.1) is 0 Å². The van der Waals surface area contributed by atoms with E-state index in [0.29, 0.717) is 49.9 Å². The molecule has 0 spiro atoms. The summed E-state index contributed by atoms with van der Waals surface area (Å²) in [6.45, 7) is 3.50. The van der Waals surface area contributed by atoms with E-state index in [-0.39, 0.29) is 30.0 Å². The Morgan fingerprint density at radius 3 is 2.83 bits per heavy atom. The van der Waals surface area contributed by atoms with E-state index in [9.17, 15) is 14.3 Å². The Balaban J connectivity index is 1.10. The first kappa shape index (κ1) is 22.3. The molecule has 35 heavy (non-hydrogen) atoms. The molecule has 0 bridgehead atoms. The summed E-state index contributed by atoms with van der Waals surface area (Å²) in [6.07, 6.45) is 1.83. The van der Waals surface area contributed by atoms with Gasteiger partial charge in [-0.3, -0.25) is 19.2 Å². The Bertz CT molecular complexity index is 1310. The first-order valence-corrected chi connectivity index (χ1v) is 11.9. The van der Waals surface area contributed by atoms with Crippen LogP contribution in [-0.4, -0.2) is 71.2 Å². The van der Waals surface area contributed by atoms with Gasteiger partial charge in [-0.05, 0) is 31.2 Å². The molecule has 0 aliphatic carbocycles. The number of piperidine rings is 1. The van der Waals surface area contributed by atoms with Gasteiger partial charge in [0.1, 0.15) is 19.8 Å². The summed E-state index contributed by atoms with van der Waals surface area (Å²) in [5.41, 5.74) is 1.14. The molecule has 0 radical (unpaired) electrons. The Morgan fingerprint density at radius 1 is 1.14 bits per heavy atom. The Morgan fingerprint density at radius 2 is 1.97 bits per heavy atom. The highest BCUT2D eigenvalue weighted by Gasteiger charge is 2.32. The van der Waals surface area contributed by atoms with Crippen LogP contribution >= 0.6 is 0 Å². The van der Waals surface area contributed by atoms with Crippen LogP contribution in [0.5, 0.6) is 17.2 Å². The minimum Gasteiger partial charge on any atom is -0.486 e. The van der Waals surface area contributed by atoms with Crippen LogP contribution in [-0.2, 0) is 6.54 Å². The maximum Gasteiger partial charge on any atom is 0.251 e. The van der Waals surface area contributed by atoms with E-state index in [4.69, 9.17) is 14.2 Å². The lowest BCUT2D eigenvalue weighted by Gasteiger charge is -2.39. The van der Waals surface area contributed by atoms with Gasteiger partial charge in [-0.1, -0.05) is 0 Å². The van der Waals surface area contributed by atoms with Gasteiger partial charge < -0.3 is 24.6 Å². The molecule has 1 fully saturated rings. The second-order valence-corrected chi connectivity index (χ2v) is 9.24. The number of hydrogen-bond donors (Lipinski definition) is 2. The molecule has 0 saturated carbocycles. The molecule has 3 aromatic rings. The van der Waals surface area contributed by atoms with Crippen LogP contribution in [0.4, 0.5) is 4.39 Å². The molecule has 3 atom stereocenters. The monoisotopic (exact) mass is 482 g/mol. The van der Waals surface area contributed by atoms with E-state index in [1.54, 1.807) is 22.9 Å². The minimum atomic E-state index is -0.581. The number of aliphatic hydroxyl groups is 1. The number of aliphatic hydroxyl groups excluding tert-OH is 1. The molecule has 6 rings (SSSR count). The van der Waals surface area contributed by atoms with Crippen LogP contribution in [0.3, 0.4) is 0 Å². The summed E-state index contributed by atoms with van der Waals surface area (Å²) in [4.78, 5) is 19.3.